The Bertz CT molecular complexity index is 856. The van der Waals surface area contributed by atoms with Gasteiger partial charge in [-0.3, -0.25) is 9.69 Å². The maximum atomic E-state index is 10.8. The average molecular weight is 382 g/mol. The van der Waals surface area contributed by atoms with Crippen molar-refractivity contribution >= 4 is 23.1 Å². The van der Waals surface area contributed by atoms with Crippen LogP contribution in [0.25, 0.3) is 5.57 Å². The Morgan fingerprint density at radius 2 is 1.78 bits per heavy atom. The van der Waals surface area contributed by atoms with Gasteiger partial charge in [-0.2, -0.15) is 0 Å². The highest BCUT2D eigenvalue weighted by molar-refractivity contribution is 6.30. The first kappa shape index (κ1) is 20.8. The van der Waals surface area contributed by atoms with Crippen molar-refractivity contribution in [1.29, 1.82) is 0 Å². The third kappa shape index (κ3) is 6.94. The summed E-state index contributed by atoms with van der Waals surface area (Å²) in [5.41, 5.74) is 4.02. The summed E-state index contributed by atoms with van der Waals surface area (Å²) in [5, 5.41) is 9.57. The van der Waals surface area contributed by atoms with Crippen molar-refractivity contribution in [3.05, 3.63) is 76.3 Å². The molecule has 27 heavy (non-hydrogen) atoms. The topological polar surface area (TPSA) is 40.5 Å². The fraction of sp³-hybridized carbons (Fsp3) is 0.261. The molecule has 0 amide bonds. The first-order chi connectivity index (χ1) is 12.8. The number of nitrogens with zero attached hydrogens (tertiary/aromatic N) is 1. The summed E-state index contributed by atoms with van der Waals surface area (Å²) in [7, 11) is 1.77. The number of carbonyl (C=O) groups is 1. The molecule has 0 atom stereocenters. The quantitative estimate of drug-likeness (QED) is 0.722. The molecule has 2 rings (SSSR count). The molecular formula is C23H24ClNO2. The van der Waals surface area contributed by atoms with Crippen LogP contribution in [0.4, 0.5) is 0 Å². The number of halogens is 1. The summed E-state index contributed by atoms with van der Waals surface area (Å²) in [6.45, 7) is 4.80. The summed E-state index contributed by atoms with van der Waals surface area (Å²) in [5.74, 6) is 6.06. The molecule has 0 unspecified atom stereocenters. The van der Waals surface area contributed by atoms with E-state index in [9.17, 15) is 4.79 Å². The van der Waals surface area contributed by atoms with Gasteiger partial charge in [-0.25, -0.2) is 0 Å². The van der Waals surface area contributed by atoms with E-state index >= 15 is 0 Å². The first-order valence-corrected chi connectivity index (χ1v) is 9.21. The van der Waals surface area contributed by atoms with Gasteiger partial charge in [0.15, 0.2) is 0 Å². The smallest absolute Gasteiger partial charge is 0.317 e. The van der Waals surface area contributed by atoms with Crippen LogP contribution in [0.5, 0.6) is 0 Å². The highest BCUT2D eigenvalue weighted by Gasteiger charge is 2.04. The van der Waals surface area contributed by atoms with Crippen LogP contribution in [0.1, 0.15) is 36.5 Å². The van der Waals surface area contributed by atoms with Gasteiger partial charge in [-0.05, 0) is 48.4 Å². The molecule has 0 aliphatic carbocycles. The molecule has 0 aliphatic heterocycles. The van der Waals surface area contributed by atoms with Gasteiger partial charge in [0.05, 0.1) is 6.54 Å². The molecule has 1 N–H and O–H groups in total. The van der Waals surface area contributed by atoms with Gasteiger partial charge in [-0.1, -0.05) is 67.6 Å². The summed E-state index contributed by atoms with van der Waals surface area (Å²) in [4.78, 5) is 12.6. The van der Waals surface area contributed by atoms with E-state index in [0.717, 1.165) is 16.7 Å². The van der Waals surface area contributed by atoms with E-state index in [-0.39, 0.29) is 6.54 Å². The molecule has 0 saturated carbocycles. The second kappa shape index (κ2) is 9.97. The molecule has 0 heterocycles. The van der Waals surface area contributed by atoms with Crippen LogP contribution in [0.15, 0.2) is 54.6 Å². The van der Waals surface area contributed by atoms with Crippen LogP contribution in [0.3, 0.4) is 0 Å². The Hall–Kier alpha value is -2.54. The minimum atomic E-state index is -0.852. The molecule has 0 aliphatic rings. The third-order valence-electron chi connectivity index (χ3n) is 4.09. The Kier molecular flexibility index (Phi) is 7.67. The highest BCUT2D eigenvalue weighted by atomic mass is 35.5. The molecule has 0 saturated heterocycles. The van der Waals surface area contributed by atoms with E-state index in [4.69, 9.17) is 16.7 Å². The number of rotatable bonds is 6. The van der Waals surface area contributed by atoms with Crippen molar-refractivity contribution in [2.45, 2.75) is 19.8 Å². The number of hydrogen-bond donors (Lipinski definition) is 1. The zero-order chi connectivity index (χ0) is 19.8. The molecule has 3 nitrogen and oxygen atoms in total. The molecule has 2 aromatic carbocycles. The Morgan fingerprint density at radius 3 is 2.33 bits per heavy atom. The van der Waals surface area contributed by atoms with Crippen molar-refractivity contribution in [2.24, 2.45) is 0 Å². The number of allylic oxidation sites excluding steroid dienone is 1. The summed E-state index contributed by atoms with van der Waals surface area (Å²) < 4.78 is 0. The lowest BCUT2D eigenvalue weighted by atomic mass is 10.0. The van der Waals surface area contributed by atoms with Gasteiger partial charge >= 0.3 is 5.97 Å². The van der Waals surface area contributed by atoms with E-state index in [2.05, 4.69) is 37.8 Å². The molecule has 2 aromatic rings. The molecule has 140 valence electrons. The van der Waals surface area contributed by atoms with Crippen LogP contribution in [-0.2, 0) is 4.79 Å². The number of benzene rings is 2. The number of likely N-dealkylation sites (N-methyl/N-ethyl adjacent to an activating group) is 1. The largest absolute Gasteiger partial charge is 0.480 e. The van der Waals surface area contributed by atoms with Crippen LogP contribution < -0.4 is 0 Å². The fourth-order valence-corrected chi connectivity index (χ4v) is 2.63. The first-order valence-electron chi connectivity index (χ1n) is 8.83. The second-order valence-electron chi connectivity index (χ2n) is 6.74. The monoisotopic (exact) mass is 381 g/mol. The van der Waals surface area contributed by atoms with E-state index in [1.54, 1.807) is 11.9 Å². The van der Waals surface area contributed by atoms with Crippen LogP contribution in [0, 0.1) is 11.8 Å². The van der Waals surface area contributed by atoms with Gasteiger partial charge in [-0.15, -0.1) is 0 Å². The lowest BCUT2D eigenvalue weighted by Crippen LogP contribution is -2.25. The maximum absolute atomic E-state index is 10.8. The van der Waals surface area contributed by atoms with Gasteiger partial charge in [0.2, 0.25) is 0 Å². The van der Waals surface area contributed by atoms with E-state index in [1.165, 1.54) is 5.56 Å². The zero-order valence-electron chi connectivity index (χ0n) is 15.9. The second-order valence-corrected chi connectivity index (χ2v) is 7.18. The molecular weight excluding hydrogens is 358 g/mol. The van der Waals surface area contributed by atoms with E-state index < -0.39 is 5.97 Å². The lowest BCUT2D eigenvalue weighted by molar-refractivity contribution is -0.137. The summed E-state index contributed by atoms with van der Waals surface area (Å²) in [6, 6.07) is 15.7. The fourth-order valence-electron chi connectivity index (χ4n) is 2.50. The Balaban J connectivity index is 2.27. The zero-order valence-corrected chi connectivity index (χ0v) is 16.6. The molecule has 0 spiro atoms. The van der Waals surface area contributed by atoms with Gasteiger partial charge in [0.25, 0.3) is 0 Å². The normalized spacial score (nSPS) is 11.4. The van der Waals surface area contributed by atoms with Crippen LogP contribution in [-0.4, -0.2) is 36.1 Å². The van der Waals surface area contributed by atoms with Crippen molar-refractivity contribution in [1.82, 2.24) is 4.90 Å². The van der Waals surface area contributed by atoms with E-state index in [1.807, 2.05) is 42.5 Å². The van der Waals surface area contributed by atoms with Gasteiger partial charge < -0.3 is 5.11 Å². The van der Waals surface area contributed by atoms with Crippen molar-refractivity contribution in [2.75, 3.05) is 20.1 Å². The molecule has 0 bridgehead atoms. The van der Waals surface area contributed by atoms with Crippen LogP contribution in [0.2, 0.25) is 5.02 Å². The van der Waals surface area contributed by atoms with Gasteiger partial charge in [0.1, 0.15) is 0 Å². The SMILES string of the molecule is CC(C)c1ccc(C#C/C(=C/CN(C)CC(=O)O)c2ccc(Cl)cc2)cc1. The summed E-state index contributed by atoms with van der Waals surface area (Å²) in [6.07, 6.45) is 1.95. The predicted molar refractivity (Wildman–Crippen MR) is 112 cm³/mol. The molecule has 0 aromatic heterocycles. The molecule has 4 heteroatoms. The average Bonchev–Trinajstić information content (AvgIpc) is 2.62. The minimum Gasteiger partial charge on any atom is -0.480 e. The van der Waals surface area contributed by atoms with Crippen LogP contribution >= 0.6 is 11.6 Å². The van der Waals surface area contributed by atoms with Crippen molar-refractivity contribution in [3.63, 3.8) is 0 Å². The van der Waals surface area contributed by atoms with Gasteiger partial charge in [0, 0.05) is 22.7 Å². The van der Waals surface area contributed by atoms with E-state index in [0.29, 0.717) is 17.5 Å². The Labute approximate surface area is 166 Å². The lowest BCUT2D eigenvalue weighted by Gasteiger charge is -2.11. The minimum absolute atomic E-state index is 0.0194. The Morgan fingerprint density at radius 1 is 1.15 bits per heavy atom. The highest BCUT2D eigenvalue weighted by Crippen LogP contribution is 2.18. The predicted octanol–water partition coefficient (Wildman–Crippen LogP) is 4.91. The molecule has 0 fully saturated rings. The number of carboxylic acid groups (broad SMARTS) is 1. The number of carboxylic acids is 1. The maximum Gasteiger partial charge on any atom is 0.317 e. The number of hydrogen-bond acceptors (Lipinski definition) is 2. The standard InChI is InChI=1S/C23H24ClNO2/c1-17(2)19-7-4-18(5-8-19)6-9-21(14-15-25(3)16-23(26)27)20-10-12-22(24)13-11-20/h4-5,7-8,10-14,17H,15-16H2,1-3H3,(H,26,27)/b21-14-. The van der Waals surface area contributed by atoms with Crippen molar-refractivity contribution < 1.29 is 9.90 Å². The number of aliphatic carboxylic acids is 1. The van der Waals surface area contributed by atoms with Crippen molar-refractivity contribution in [3.8, 4) is 11.8 Å². The molecule has 0 radical (unpaired) electrons. The summed E-state index contributed by atoms with van der Waals surface area (Å²) >= 11 is 5.99. The third-order valence-corrected chi connectivity index (χ3v) is 4.34.